The first-order valence-corrected chi connectivity index (χ1v) is 7.68. The molecule has 1 amide bonds. The zero-order valence-corrected chi connectivity index (χ0v) is 13.4. The van der Waals surface area contributed by atoms with E-state index in [1.165, 1.54) is 0 Å². The van der Waals surface area contributed by atoms with E-state index in [0.717, 1.165) is 51.5 Å². The Morgan fingerprint density at radius 1 is 1.26 bits per heavy atom. The lowest BCUT2D eigenvalue weighted by molar-refractivity contribution is -0.141. The zero-order valence-electron chi connectivity index (χ0n) is 13.4. The first kappa shape index (κ1) is 16.5. The van der Waals surface area contributed by atoms with Crippen LogP contribution < -0.4 is 0 Å². The van der Waals surface area contributed by atoms with Crippen molar-refractivity contribution in [3.8, 4) is 0 Å². The van der Waals surface area contributed by atoms with Crippen molar-refractivity contribution in [3.05, 3.63) is 0 Å². The Bertz CT molecular complexity index is 273. The van der Waals surface area contributed by atoms with Gasteiger partial charge in [0.05, 0.1) is 0 Å². The van der Waals surface area contributed by atoms with Crippen LogP contribution in [0.5, 0.6) is 0 Å². The van der Waals surface area contributed by atoms with Crippen LogP contribution in [0.15, 0.2) is 0 Å². The molecule has 1 rings (SSSR count). The summed E-state index contributed by atoms with van der Waals surface area (Å²) in [6.45, 7) is 13.9. The fraction of sp³-hybridized carbons (Fsp3) is 0.938. The maximum atomic E-state index is 12.2. The molecule has 0 N–H and O–H groups in total. The predicted molar refractivity (Wildman–Crippen MR) is 79.0 cm³/mol. The molecule has 3 nitrogen and oxygen atoms in total. The van der Waals surface area contributed by atoms with E-state index >= 15 is 0 Å². The van der Waals surface area contributed by atoms with Crippen LogP contribution in [0, 0.1) is 17.3 Å². The van der Waals surface area contributed by atoms with Gasteiger partial charge in [0, 0.05) is 31.7 Å². The van der Waals surface area contributed by atoms with E-state index in [-0.39, 0.29) is 5.41 Å². The third-order valence-corrected chi connectivity index (χ3v) is 3.66. The van der Waals surface area contributed by atoms with Gasteiger partial charge in [0.25, 0.3) is 0 Å². The maximum Gasteiger partial charge on any atom is 0.227 e. The Kier molecular flexibility index (Phi) is 6.31. The second kappa shape index (κ2) is 7.28. The molecule has 1 aliphatic heterocycles. The van der Waals surface area contributed by atoms with Crippen LogP contribution in [0.2, 0.25) is 0 Å². The Morgan fingerprint density at radius 2 is 1.84 bits per heavy atom. The average Bonchev–Trinajstić information content (AvgIpc) is 2.33. The second-order valence-electron chi connectivity index (χ2n) is 7.24. The van der Waals surface area contributed by atoms with Crippen LogP contribution in [0.25, 0.3) is 0 Å². The SMILES string of the molecule is CC(C)COCCC1CCN(C(=O)C(C)(C)C)CC1. The molecule has 0 spiro atoms. The van der Waals surface area contributed by atoms with Crippen LogP contribution in [-0.4, -0.2) is 37.1 Å². The van der Waals surface area contributed by atoms with E-state index in [1.54, 1.807) is 0 Å². The molecule has 1 saturated heterocycles. The number of hydrogen-bond donors (Lipinski definition) is 0. The summed E-state index contributed by atoms with van der Waals surface area (Å²) in [5, 5.41) is 0. The summed E-state index contributed by atoms with van der Waals surface area (Å²) in [7, 11) is 0. The summed E-state index contributed by atoms with van der Waals surface area (Å²) in [5.74, 6) is 1.64. The summed E-state index contributed by atoms with van der Waals surface area (Å²) in [4.78, 5) is 14.2. The highest BCUT2D eigenvalue weighted by molar-refractivity contribution is 5.81. The lowest BCUT2D eigenvalue weighted by atomic mass is 9.90. The molecular formula is C16H31NO2. The van der Waals surface area contributed by atoms with Crippen LogP contribution in [-0.2, 0) is 9.53 Å². The number of hydrogen-bond acceptors (Lipinski definition) is 2. The summed E-state index contributed by atoms with van der Waals surface area (Å²) >= 11 is 0. The van der Waals surface area contributed by atoms with Crippen molar-refractivity contribution in [1.29, 1.82) is 0 Å². The maximum absolute atomic E-state index is 12.2. The van der Waals surface area contributed by atoms with Crippen molar-refractivity contribution < 1.29 is 9.53 Å². The summed E-state index contributed by atoms with van der Waals surface area (Å²) in [5.41, 5.74) is -0.243. The lowest BCUT2D eigenvalue weighted by Crippen LogP contribution is -2.44. The number of rotatable bonds is 5. The van der Waals surface area contributed by atoms with Gasteiger partial charge in [-0.15, -0.1) is 0 Å². The Hall–Kier alpha value is -0.570. The minimum absolute atomic E-state index is 0.243. The number of carbonyl (C=O) groups is 1. The van der Waals surface area contributed by atoms with Crippen molar-refractivity contribution in [3.63, 3.8) is 0 Å². The van der Waals surface area contributed by atoms with Gasteiger partial charge < -0.3 is 9.64 Å². The van der Waals surface area contributed by atoms with Gasteiger partial charge in [-0.1, -0.05) is 34.6 Å². The summed E-state index contributed by atoms with van der Waals surface area (Å²) < 4.78 is 5.65. The standard InChI is InChI=1S/C16H31NO2/c1-13(2)12-19-11-8-14-6-9-17(10-7-14)15(18)16(3,4)5/h13-14H,6-12H2,1-5H3. The number of amides is 1. The number of likely N-dealkylation sites (tertiary alicyclic amines) is 1. The van der Waals surface area contributed by atoms with Gasteiger partial charge in [-0.2, -0.15) is 0 Å². The lowest BCUT2D eigenvalue weighted by Gasteiger charge is -2.35. The highest BCUT2D eigenvalue weighted by Crippen LogP contribution is 2.25. The molecule has 19 heavy (non-hydrogen) atoms. The molecule has 3 heteroatoms. The first-order chi connectivity index (χ1) is 8.80. The molecule has 1 fully saturated rings. The normalized spacial score (nSPS) is 18.1. The summed E-state index contributed by atoms with van der Waals surface area (Å²) in [6.07, 6.45) is 3.41. The van der Waals surface area contributed by atoms with Gasteiger partial charge in [-0.25, -0.2) is 0 Å². The number of piperidine rings is 1. The van der Waals surface area contributed by atoms with Gasteiger partial charge in [0.2, 0.25) is 5.91 Å². The van der Waals surface area contributed by atoms with Gasteiger partial charge in [0.15, 0.2) is 0 Å². The molecule has 1 heterocycles. The monoisotopic (exact) mass is 269 g/mol. The van der Waals surface area contributed by atoms with Gasteiger partial charge in [-0.05, 0) is 31.1 Å². The van der Waals surface area contributed by atoms with E-state index < -0.39 is 0 Å². The zero-order chi connectivity index (χ0) is 14.5. The van der Waals surface area contributed by atoms with Gasteiger partial charge in [-0.3, -0.25) is 4.79 Å². The van der Waals surface area contributed by atoms with Crippen molar-refractivity contribution >= 4 is 5.91 Å². The topological polar surface area (TPSA) is 29.5 Å². The van der Waals surface area contributed by atoms with E-state index in [1.807, 2.05) is 25.7 Å². The van der Waals surface area contributed by atoms with Crippen LogP contribution in [0.3, 0.4) is 0 Å². The fourth-order valence-corrected chi connectivity index (χ4v) is 2.47. The largest absolute Gasteiger partial charge is 0.381 e. The Balaban J connectivity index is 2.20. The van der Waals surface area contributed by atoms with Crippen LogP contribution in [0.1, 0.15) is 53.9 Å². The Morgan fingerprint density at radius 3 is 2.32 bits per heavy atom. The van der Waals surface area contributed by atoms with E-state index in [0.29, 0.717) is 11.8 Å². The number of nitrogens with zero attached hydrogens (tertiary/aromatic N) is 1. The predicted octanol–water partition coefficient (Wildman–Crippen LogP) is 3.33. The molecule has 0 radical (unpaired) electrons. The highest BCUT2D eigenvalue weighted by Gasteiger charge is 2.30. The molecule has 0 aliphatic carbocycles. The van der Waals surface area contributed by atoms with Crippen LogP contribution >= 0.6 is 0 Å². The highest BCUT2D eigenvalue weighted by atomic mass is 16.5. The quantitative estimate of drug-likeness (QED) is 0.716. The fourth-order valence-electron chi connectivity index (χ4n) is 2.47. The van der Waals surface area contributed by atoms with Crippen molar-refractivity contribution in [2.45, 2.75) is 53.9 Å². The minimum atomic E-state index is -0.243. The molecule has 0 unspecified atom stereocenters. The molecule has 0 bridgehead atoms. The molecule has 0 saturated carbocycles. The molecule has 0 aromatic carbocycles. The van der Waals surface area contributed by atoms with Crippen molar-refractivity contribution in [1.82, 2.24) is 4.90 Å². The number of carbonyl (C=O) groups excluding carboxylic acids is 1. The third kappa shape index (κ3) is 5.94. The third-order valence-electron chi connectivity index (χ3n) is 3.66. The minimum Gasteiger partial charge on any atom is -0.381 e. The van der Waals surface area contributed by atoms with Crippen LogP contribution in [0.4, 0.5) is 0 Å². The van der Waals surface area contributed by atoms with Gasteiger partial charge >= 0.3 is 0 Å². The average molecular weight is 269 g/mol. The van der Waals surface area contributed by atoms with Gasteiger partial charge in [0.1, 0.15) is 0 Å². The first-order valence-electron chi connectivity index (χ1n) is 7.68. The second-order valence-corrected chi connectivity index (χ2v) is 7.24. The molecule has 112 valence electrons. The van der Waals surface area contributed by atoms with E-state index in [9.17, 15) is 4.79 Å². The Labute approximate surface area is 118 Å². The molecule has 0 aromatic rings. The van der Waals surface area contributed by atoms with Crippen molar-refractivity contribution in [2.75, 3.05) is 26.3 Å². The van der Waals surface area contributed by atoms with E-state index in [4.69, 9.17) is 4.74 Å². The smallest absolute Gasteiger partial charge is 0.227 e. The summed E-state index contributed by atoms with van der Waals surface area (Å²) in [6, 6.07) is 0. The number of ether oxygens (including phenoxy) is 1. The van der Waals surface area contributed by atoms with E-state index in [2.05, 4.69) is 13.8 Å². The molecule has 1 aliphatic rings. The molecule has 0 atom stereocenters. The van der Waals surface area contributed by atoms with Crippen molar-refractivity contribution in [2.24, 2.45) is 17.3 Å². The molecule has 0 aromatic heterocycles. The molecular weight excluding hydrogens is 238 g/mol.